The van der Waals surface area contributed by atoms with Gasteiger partial charge in [0.25, 0.3) is 5.56 Å². The van der Waals surface area contributed by atoms with Crippen LogP contribution >= 0.6 is 0 Å². The van der Waals surface area contributed by atoms with E-state index in [2.05, 4.69) is 10.3 Å². The Morgan fingerprint density at radius 3 is 2.50 bits per heavy atom. The Morgan fingerprint density at radius 2 is 1.77 bits per heavy atom. The van der Waals surface area contributed by atoms with Crippen molar-refractivity contribution in [1.29, 1.82) is 0 Å². The second-order valence-electron chi connectivity index (χ2n) is 6.59. The van der Waals surface area contributed by atoms with Crippen LogP contribution in [0.1, 0.15) is 28.8 Å². The molecule has 0 atom stereocenters. The first kappa shape index (κ1) is 17.9. The maximum Gasteiger partial charge on any atom is 0.272 e. The summed E-state index contributed by atoms with van der Waals surface area (Å²) in [7, 11) is 0. The lowest BCUT2D eigenvalue weighted by molar-refractivity contribution is -0.121. The smallest absolute Gasteiger partial charge is 0.272 e. The lowest BCUT2D eigenvalue weighted by atomic mass is 10.1. The van der Waals surface area contributed by atoms with Crippen molar-refractivity contribution in [3.8, 4) is 0 Å². The fraction of sp³-hybridized carbons (Fsp3) is 0.286. The number of benzene rings is 2. The van der Waals surface area contributed by atoms with Crippen molar-refractivity contribution in [3.05, 3.63) is 75.2 Å². The maximum atomic E-state index is 12.5. The molecule has 0 saturated carbocycles. The van der Waals surface area contributed by atoms with Gasteiger partial charge >= 0.3 is 0 Å². The third-order valence-electron chi connectivity index (χ3n) is 4.62. The highest BCUT2D eigenvalue weighted by molar-refractivity contribution is 5.78. The molecule has 26 heavy (non-hydrogen) atoms. The molecule has 0 aliphatic heterocycles. The minimum Gasteiger partial charge on any atom is -0.352 e. The number of carbonyl (C=O) groups is 1. The monoisotopic (exact) mass is 349 g/mol. The van der Waals surface area contributed by atoms with Gasteiger partial charge in [0.05, 0.1) is 11.0 Å². The molecule has 0 radical (unpaired) electrons. The normalized spacial score (nSPS) is 10.9. The minimum atomic E-state index is -0.142. The van der Waals surface area contributed by atoms with E-state index in [9.17, 15) is 9.59 Å². The van der Waals surface area contributed by atoms with Crippen LogP contribution in [-0.4, -0.2) is 15.5 Å². The van der Waals surface area contributed by atoms with Gasteiger partial charge in [0.1, 0.15) is 5.69 Å². The number of fused-ring (bicyclic) bond motifs is 1. The van der Waals surface area contributed by atoms with Gasteiger partial charge in [0.2, 0.25) is 5.91 Å². The Bertz CT molecular complexity index is 1010. The summed E-state index contributed by atoms with van der Waals surface area (Å²) in [5.74, 6) is -0.0767. The summed E-state index contributed by atoms with van der Waals surface area (Å²) in [4.78, 5) is 29.1. The zero-order chi connectivity index (χ0) is 18.7. The van der Waals surface area contributed by atoms with Crippen LogP contribution < -0.4 is 10.9 Å². The molecular weight excluding hydrogens is 326 g/mol. The highest BCUT2D eigenvalue weighted by atomic mass is 16.1. The summed E-state index contributed by atoms with van der Waals surface area (Å²) >= 11 is 0. The molecule has 0 aliphatic carbocycles. The molecule has 0 aliphatic rings. The summed E-state index contributed by atoms with van der Waals surface area (Å²) in [5, 5.41) is 2.90. The van der Waals surface area contributed by atoms with Gasteiger partial charge in [-0.15, -0.1) is 0 Å². The Kier molecular flexibility index (Phi) is 5.16. The predicted molar refractivity (Wildman–Crippen MR) is 103 cm³/mol. The van der Waals surface area contributed by atoms with E-state index in [1.54, 1.807) is 11.5 Å². The van der Waals surface area contributed by atoms with E-state index in [1.807, 2.05) is 56.3 Å². The number of hydrogen-bond acceptors (Lipinski definition) is 3. The molecule has 0 spiro atoms. The molecule has 0 bridgehead atoms. The first-order chi connectivity index (χ1) is 12.5. The molecule has 0 saturated heterocycles. The van der Waals surface area contributed by atoms with Gasteiger partial charge in [0, 0.05) is 19.5 Å². The van der Waals surface area contributed by atoms with Gasteiger partial charge in [-0.05, 0) is 49.6 Å². The third-order valence-corrected chi connectivity index (χ3v) is 4.62. The first-order valence-corrected chi connectivity index (χ1v) is 8.74. The molecule has 0 unspecified atom stereocenters. The molecule has 5 nitrogen and oxygen atoms in total. The molecule has 1 heterocycles. The van der Waals surface area contributed by atoms with Crippen LogP contribution in [0.15, 0.2) is 47.3 Å². The fourth-order valence-corrected chi connectivity index (χ4v) is 2.94. The Labute approximate surface area is 152 Å². The highest BCUT2D eigenvalue weighted by Crippen LogP contribution is 2.17. The van der Waals surface area contributed by atoms with E-state index in [4.69, 9.17) is 0 Å². The summed E-state index contributed by atoms with van der Waals surface area (Å²) in [6.45, 7) is 6.57. The van der Waals surface area contributed by atoms with Crippen molar-refractivity contribution in [1.82, 2.24) is 14.9 Å². The molecule has 0 fully saturated rings. The largest absolute Gasteiger partial charge is 0.352 e. The van der Waals surface area contributed by atoms with Crippen molar-refractivity contribution in [3.63, 3.8) is 0 Å². The molecule has 3 aromatic rings. The van der Waals surface area contributed by atoms with Gasteiger partial charge in [0.15, 0.2) is 0 Å². The summed E-state index contributed by atoms with van der Waals surface area (Å²) < 4.78 is 1.66. The first-order valence-electron chi connectivity index (χ1n) is 8.74. The highest BCUT2D eigenvalue weighted by Gasteiger charge is 2.11. The minimum absolute atomic E-state index is 0.0767. The fourth-order valence-electron chi connectivity index (χ4n) is 2.94. The number of aryl methyl sites for hydroxylation is 4. The molecular formula is C21H23N3O2. The van der Waals surface area contributed by atoms with Crippen LogP contribution in [0.4, 0.5) is 0 Å². The number of amides is 1. The predicted octanol–water partition coefficient (Wildman–Crippen LogP) is 3.03. The second kappa shape index (κ2) is 7.52. The van der Waals surface area contributed by atoms with E-state index in [-0.39, 0.29) is 17.9 Å². The van der Waals surface area contributed by atoms with Crippen molar-refractivity contribution in [2.45, 2.75) is 40.3 Å². The van der Waals surface area contributed by atoms with Crippen LogP contribution in [0.25, 0.3) is 11.0 Å². The van der Waals surface area contributed by atoms with E-state index in [0.717, 1.165) is 27.7 Å². The number of nitrogens with zero attached hydrogens (tertiary/aromatic N) is 2. The SMILES string of the molecule is Cc1cc2nc(C)c(=O)n(CCC(=O)NCc3ccccc3)c2cc1C. The quantitative estimate of drug-likeness (QED) is 0.770. The summed E-state index contributed by atoms with van der Waals surface area (Å²) in [6.07, 6.45) is 0.248. The van der Waals surface area contributed by atoms with E-state index in [1.165, 1.54) is 0 Å². The molecule has 1 aromatic heterocycles. The number of rotatable bonds is 5. The van der Waals surface area contributed by atoms with Crippen molar-refractivity contribution >= 4 is 16.9 Å². The van der Waals surface area contributed by atoms with Crippen LogP contribution in [0.2, 0.25) is 0 Å². The zero-order valence-electron chi connectivity index (χ0n) is 15.4. The Hall–Kier alpha value is -2.95. The van der Waals surface area contributed by atoms with E-state index < -0.39 is 0 Å². The van der Waals surface area contributed by atoms with Crippen molar-refractivity contribution < 1.29 is 4.79 Å². The topological polar surface area (TPSA) is 64.0 Å². The van der Waals surface area contributed by atoms with Gasteiger partial charge in [-0.3, -0.25) is 9.59 Å². The maximum absolute atomic E-state index is 12.5. The van der Waals surface area contributed by atoms with Crippen LogP contribution in [-0.2, 0) is 17.9 Å². The van der Waals surface area contributed by atoms with Crippen LogP contribution in [0, 0.1) is 20.8 Å². The lowest BCUT2D eigenvalue weighted by Gasteiger charge is -2.13. The Morgan fingerprint density at radius 1 is 1.08 bits per heavy atom. The van der Waals surface area contributed by atoms with Crippen LogP contribution in [0.5, 0.6) is 0 Å². The zero-order valence-corrected chi connectivity index (χ0v) is 15.4. The van der Waals surface area contributed by atoms with Gasteiger partial charge < -0.3 is 9.88 Å². The molecule has 3 rings (SSSR count). The Balaban J connectivity index is 1.78. The average Bonchev–Trinajstić information content (AvgIpc) is 2.63. The number of carbonyl (C=O) groups excluding carboxylic acids is 1. The number of nitrogens with one attached hydrogen (secondary N) is 1. The number of hydrogen-bond donors (Lipinski definition) is 1. The average molecular weight is 349 g/mol. The molecule has 2 aromatic carbocycles. The molecule has 134 valence electrons. The van der Waals surface area contributed by atoms with Gasteiger partial charge in [-0.1, -0.05) is 30.3 Å². The second-order valence-corrected chi connectivity index (χ2v) is 6.59. The van der Waals surface area contributed by atoms with Crippen molar-refractivity contribution in [2.75, 3.05) is 0 Å². The molecule has 1 N–H and O–H groups in total. The standard InChI is InChI=1S/C21H23N3O2/c1-14-11-18-19(12-15(14)2)24(21(26)16(3)23-18)10-9-20(25)22-13-17-7-5-4-6-8-17/h4-8,11-12H,9-10,13H2,1-3H3,(H,22,25). The molecule has 1 amide bonds. The number of aromatic nitrogens is 2. The van der Waals surface area contributed by atoms with E-state index in [0.29, 0.717) is 18.8 Å². The van der Waals surface area contributed by atoms with Gasteiger partial charge in [-0.2, -0.15) is 0 Å². The summed E-state index contributed by atoms with van der Waals surface area (Å²) in [5.41, 5.74) is 5.16. The van der Waals surface area contributed by atoms with Gasteiger partial charge in [-0.25, -0.2) is 4.98 Å². The van der Waals surface area contributed by atoms with Crippen LogP contribution in [0.3, 0.4) is 0 Å². The summed E-state index contributed by atoms with van der Waals surface area (Å²) in [6, 6.07) is 13.7. The van der Waals surface area contributed by atoms with Crippen molar-refractivity contribution in [2.24, 2.45) is 0 Å². The van der Waals surface area contributed by atoms with E-state index >= 15 is 0 Å². The third kappa shape index (κ3) is 3.82. The lowest BCUT2D eigenvalue weighted by Crippen LogP contribution is -2.29. The molecule has 5 heteroatoms.